The van der Waals surface area contributed by atoms with E-state index in [2.05, 4.69) is 0 Å². The zero-order valence-electron chi connectivity index (χ0n) is 21.2. The van der Waals surface area contributed by atoms with Crippen molar-refractivity contribution in [2.45, 2.75) is 64.6 Å². The summed E-state index contributed by atoms with van der Waals surface area (Å²) in [5.41, 5.74) is -2.48. The normalized spacial score (nSPS) is 20.9. The minimum Gasteiger partial charge on any atom is -0.467 e. The van der Waals surface area contributed by atoms with Gasteiger partial charge in [-0.2, -0.15) is 0 Å². The van der Waals surface area contributed by atoms with E-state index in [0.29, 0.717) is 0 Å². The number of rotatable bonds is 13. The highest BCUT2D eigenvalue weighted by Crippen LogP contribution is 2.36. The molecule has 2 atom stereocenters. The number of urea groups is 2. The molecule has 13 nitrogen and oxygen atoms in total. The fourth-order valence-electron chi connectivity index (χ4n) is 3.84. The van der Waals surface area contributed by atoms with Crippen LogP contribution >= 0.6 is 0 Å². The Morgan fingerprint density at radius 2 is 1.12 bits per heavy atom. The van der Waals surface area contributed by atoms with Crippen LogP contribution in [0.5, 0.6) is 0 Å². The predicted octanol–water partition coefficient (Wildman–Crippen LogP) is 0.979. The van der Waals surface area contributed by atoms with Crippen molar-refractivity contribution in [2.24, 2.45) is 0 Å². The minimum absolute atomic E-state index is 0.0936. The molecule has 0 bridgehead atoms. The van der Waals surface area contributed by atoms with Crippen molar-refractivity contribution in [3.8, 4) is 0 Å². The number of methoxy groups -OCH3 is 3. The summed E-state index contributed by atoms with van der Waals surface area (Å²) >= 11 is 0. The van der Waals surface area contributed by atoms with Crippen LogP contribution in [0.25, 0.3) is 0 Å². The predicted molar refractivity (Wildman–Crippen MR) is 117 cm³/mol. The molecule has 2 fully saturated rings. The largest absolute Gasteiger partial charge is 0.467 e. The number of hydrogen-bond donors (Lipinski definition) is 0. The molecular formula is C21H36N4O9. The Morgan fingerprint density at radius 1 is 0.735 bits per heavy atom. The average molecular weight is 489 g/mol. The molecule has 0 aromatic rings. The summed E-state index contributed by atoms with van der Waals surface area (Å²) in [6.07, 6.45) is -1.37. The third-order valence-corrected chi connectivity index (χ3v) is 5.86. The lowest BCUT2D eigenvalue weighted by molar-refractivity contribution is -0.171. The first kappa shape index (κ1) is 27.8. The van der Waals surface area contributed by atoms with Crippen LogP contribution in [-0.4, -0.2) is 115 Å². The number of Topliss-reactive ketones (excluding diaryl/α,β-unsaturated/α-hetero) is 1. The van der Waals surface area contributed by atoms with Gasteiger partial charge in [0.05, 0.1) is 7.11 Å². The Morgan fingerprint density at radius 3 is 1.47 bits per heavy atom. The van der Waals surface area contributed by atoms with Crippen LogP contribution in [-0.2, 0) is 33.3 Å². The SMILES string of the molecule is CCC(=O)C(C)(C)OCN1C(=O)N(COC(C)(C)C(=O)OC)C2C1N(COC)C(=O)N2COC. The summed E-state index contributed by atoms with van der Waals surface area (Å²) < 4.78 is 26.7. The number of ether oxygens (including phenoxy) is 5. The molecule has 0 N–H and O–H groups in total. The van der Waals surface area contributed by atoms with Gasteiger partial charge in [0.1, 0.15) is 32.5 Å². The molecule has 2 rings (SSSR count). The molecular weight excluding hydrogens is 452 g/mol. The Labute approximate surface area is 199 Å². The van der Waals surface area contributed by atoms with Crippen molar-refractivity contribution in [1.82, 2.24) is 19.6 Å². The second-order valence-corrected chi connectivity index (χ2v) is 8.94. The molecule has 0 spiro atoms. The Hall–Kier alpha value is -2.48. The second-order valence-electron chi connectivity index (χ2n) is 8.94. The number of esters is 1. The van der Waals surface area contributed by atoms with E-state index in [0.717, 1.165) is 0 Å². The van der Waals surface area contributed by atoms with Gasteiger partial charge < -0.3 is 23.7 Å². The summed E-state index contributed by atoms with van der Waals surface area (Å²) in [5, 5.41) is 0. The molecule has 0 aromatic carbocycles. The molecule has 2 aliphatic heterocycles. The van der Waals surface area contributed by atoms with E-state index in [4.69, 9.17) is 23.7 Å². The summed E-state index contributed by atoms with van der Waals surface area (Å²) in [7, 11) is 4.10. The van der Waals surface area contributed by atoms with E-state index < -0.39 is 41.6 Å². The maximum atomic E-state index is 13.5. The monoisotopic (exact) mass is 488 g/mol. The van der Waals surface area contributed by atoms with Crippen LogP contribution in [0.1, 0.15) is 41.0 Å². The van der Waals surface area contributed by atoms with Crippen molar-refractivity contribution < 1.29 is 42.9 Å². The fraction of sp³-hybridized carbons (Fsp3) is 0.810. The van der Waals surface area contributed by atoms with E-state index in [-0.39, 0.29) is 39.1 Å². The summed E-state index contributed by atoms with van der Waals surface area (Å²) in [4.78, 5) is 56.3. The molecule has 13 heteroatoms. The van der Waals surface area contributed by atoms with E-state index in [1.54, 1.807) is 20.8 Å². The third-order valence-electron chi connectivity index (χ3n) is 5.86. The number of amides is 4. The average Bonchev–Trinajstić information content (AvgIpc) is 3.21. The zero-order chi connectivity index (χ0) is 25.8. The molecule has 0 radical (unpaired) electrons. The maximum Gasteiger partial charge on any atom is 0.337 e. The quantitative estimate of drug-likeness (QED) is 0.349. The standard InChI is InChI=1S/C21H36N4O9/c1-9-14(26)20(2,3)33-12-24-15-16(23(11-31-7)18(28)22(15)10-30-6)25(19(24)29)13-34-21(4,5)17(27)32-8/h15-16H,9-13H2,1-8H3. The van der Waals surface area contributed by atoms with Gasteiger partial charge in [0, 0.05) is 20.6 Å². The van der Waals surface area contributed by atoms with Gasteiger partial charge in [-0.15, -0.1) is 0 Å². The lowest BCUT2D eigenvalue weighted by Crippen LogP contribution is -2.50. The smallest absolute Gasteiger partial charge is 0.337 e. The number of nitrogens with zero attached hydrogens (tertiary/aromatic N) is 4. The molecule has 0 saturated carbocycles. The van der Waals surface area contributed by atoms with Gasteiger partial charge in [-0.05, 0) is 27.7 Å². The molecule has 2 unspecified atom stereocenters. The number of hydrogen-bond acceptors (Lipinski definition) is 9. The van der Waals surface area contributed by atoms with E-state index in [1.165, 1.54) is 54.8 Å². The lowest BCUT2D eigenvalue weighted by Gasteiger charge is -2.32. The first-order valence-corrected chi connectivity index (χ1v) is 10.9. The number of ketones is 1. The van der Waals surface area contributed by atoms with Crippen LogP contribution in [0.15, 0.2) is 0 Å². The molecule has 34 heavy (non-hydrogen) atoms. The highest BCUT2D eigenvalue weighted by atomic mass is 16.6. The van der Waals surface area contributed by atoms with Crippen LogP contribution < -0.4 is 0 Å². The molecule has 0 aliphatic carbocycles. The van der Waals surface area contributed by atoms with Crippen LogP contribution in [0.4, 0.5) is 9.59 Å². The van der Waals surface area contributed by atoms with Crippen molar-refractivity contribution in [3.63, 3.8) is 0 Å². The van der Waals surface area contributed by atoms with Crippen molar-refractivity contribution in [1.29, 1.82) is 0 Å². The Kier molecular flexibility index (Phi) is 8.86. The fourth-order valence-corrected chi connectivity index (χ4v) is 3.84. The van der Waals surface area contributed by atoms with Gasteiger partial charge in [0.15, 0.2) is 23.7 Å². The summed E-state index contributed by atoms with van der Waals surface area (Å²) in [6, 6.07) is -0.928. The zero-order valence-corrected chi connectivity index (χ0v) is 21.2. The number of fused-ring (bicyclic) bond motifs is 1. The van der Waals surface area contributed by atoms with Crippen molar-refractivity contribution in [3.05, 3.63) is 0 Å². The molecule has 194 valence electrons. The Bertz CT molecular complexity index is 728. The minimum atomic E-state index is -1.34. The van der Waals surface area contributed by atoms with Gasteiger partial charge in [0.2, 0.25) is 0 Å². The second kappa shape index (κ2) is 10.8. The highest BCUT2D eigenvalue weighted by Gasteiger charge is 2.60. The van der Waals surface area contributed by atoms with E-state index in [1.807, 2.05) is 0 Å². The van der Waals surface area contributed by atoms with Gasteiger partial charge >= 0.3 is 18.0 Å². The first-order valence-electron chi connectivity index (χ1n) is 10.9. The summed E-state index contributed by atoms with van der Waals surface area (Å²) in [5.74, 6) is -0.749. The van der Waals surface area contributed by atoms with Gasteiger partial charge in [0.25, 0.3) is 0 Å². The highest BCUT2D eigenvalue weighted by molar-refractivity contribution is 5.87. The topological polar surface area (TPSA) is 127 Å². The molecule has 0 aromatic heterocycles. The van der Waals surface area contributed by atoms with Crippen molar-refractivity contribution >= 4 is 23.8 Å². The molecule has 4 amide bonds. The molecule has 2 heterocycles. The number of carbonyl (C=O) groups is 4. The Balaban J connectivity index is 2.38. The number of carbonyl (C=O) groups excluding carboxylic acids is 4. The van der Waals surface area contributed by atoms with Crippen molar-refractivity contribution in [2.75, 3.05) is 48.3 Å². The third kappa shape index (κ3) is 5.27. The molecule has 2 saturated heterocycles. The van der Waals surface area contributed by atoms with Crippen LogP contribution in [0.3, 0.4) is 0 Å². The summed E-state index contributed by atoms with van der Waals surface area (Å²) in [6.45, 7) is 7.24. The maximum absolute atomic E-state index is 13.5. The van der Waals surface area contributed by atoms with Crippen LogP contribution in [0, 0.1) is 0 Å². The van der Waals surface area contributed by atoms with Gasteiger partial charge in [-0.1, -0.05) is 6.92 Å². The van der Waals surface area contributed by atoms with E-state index >= 15 is 0 Å². The molecule has 2 aliphatic rings. The van der Waals surface area contributed by atoms with Gasteiger partial charge in [-0.3, -0.25) is 24.4 Å². The lowest BCUT2D eigenvalue weighted by atomic mass is 10.0. The van der Waals surface area contributed by atoms with E-state index in [9.17, 15) is 19.2 Å². The van der Waals surface area contributed by atoms with Crippen LogP contribution in [0.2, 0.25) is 0 Å². The van der Waals surface area contributed by atoms with Gasteiger partial charge in [-0.25, -0.2) is 14.4 Å². The first-order chi connectivity index (χ1) is 15.9.